The second-order valence-electron chi connectivity index (χ2n) is 9.40. The van der Waals surface area contributed by atoms with E-state index in [4.69, 9.17) is 11.6 Å². The van der Waals surface area contributed by atoms with E-state index >= 15 is 0 Å². The van der Waals surface area contributed by atoms with E-state index in [1.54, 1.807) is 44.2 Å². The van der Waals surface area contributed by atoms with Gasteiger partial charge >= 0.3 is 0 Å². The monoisotopic (exact) mass is 573 g/mol. The summed E-state index contributed by atoms with van der Waals surface area (Å²) in [5, 5.41) is 3.18. The molecule has 3 rings (SSSR count). The summed E-state index contributed by atoms with van der Waals surface area (Å²) >= 11 is 6.23. The van der Waals surface area contributed by atoms with Crippen LogP contribution in [0.2, 0.25) is 5.02 Å². The zero-order valence-electron chi connectivity index (χ0n) is 22.4. The first-order valence-corrected chi connectivity index (χ1v) is 14.4. The predicted octanol–water partition coefficient (Wildman–Crippen LogP) is 5.31. The minimum absolute atomic E-state index is 0.00447. The first-order chi connectivity index (χ1) is 18.4. The van der Waals surface area contributed by atoms with Crippen LogP contribution in [0.5, 0.6) is 0 Å². The summed E-state index contributed by atoms with van der Waals surface area (Å²) < 4.78 is 42.2. The average molecular weight is 574 g/mol. The molecule has 0 radical (unpaired) electrons. The molecule has 0 aliphatic carbocycles. The molecule has 0 bridgehead atoms. The first kappa shape index (κ1) is 30.1. The van der Waals surface area contributed by atoms with Crippen LogP contribution in [0.3, 0.4) is 0 Å². The van der Waals surface area contributed by atoms with Crippen LogP contribution in [-0.2, 0) is 26.2 Å². The predicted molar refractivity (Wildman–Crippen MR) is 151 cm³/mol. The fourth-order valence-electron chi connectivity index (χ4n) is 3.92. The second-order valence-corrected chi connectivity index (χ2v) is 11.7. The number of nitrogens with zero attached hydrogens (tertiary/aromatic N) is 2. The highest BCUT2D eigenvalue weighted by atomic mass is 35.5. The lowest BCUT2D eigenvalue weighted by molar-refractivity contribution is -0.139. The molecule has 0 aliphatic rings. The summed E-state index contributed by atoms with van der Waals surface area (Å²) in [7, 11) is -4.19. The minimum Gasteiger partial charge on any atom is -0.352 e. The standard InChI is InChI=1S/C29H33ClFN3O4S/c1-5-21(3)32-29(36)22(4)33(18-23-12-15-25(31)16-13-23)28(35)19-34(27-17-24(30)14-11-20(27)2)39(37,38)26-9-7-6-8-10-26/h6-17,21-22H,5,18-19H2,1-4H3,(H,32,36)/t21-,22-/m1/s1. The number of halogens is 2. The number of carbonyl (C=O) groups is 2. The van der Waals surface area contributed by atoms with Crippen molar-refractivity contribution in [3.63, 3.8) is 0 Å². The van der Waals surface area contributed by atoms with Crippen LogP contribution in [0.25, 0.3) is 0 Å². The van der Waals surface area contributed by atoms with Crippen molar-refractivity contribution in [3.05, 3.63) is 94.8 Å². The van der Waals surface area contributed by atoms with Crippen LogP contribution in [0.4, 0.5) is 10.1 Å². The summed E-state index contributed by atoms with van der Waals surface area (Å²) in [5.74, 6) is -1.42. The van der Waals surface area contributed by atoms with Crippen molar-refractivity contribution in [1.29, 1.82) is 0 Å². The van der Waals surface area contributed by atoms with Gasteiger partial charge in [-0.2, -0.15) is 0 Å². The van der Waals surface area contributed by atoms with Crippen molar-refractivity contribution in [3.8, 4) is 0 Å². The lowest BCUT2D eigenvalue weighted by Gasteiger charge is -2.33. The van der Waals surface area contributed by atoms with Crippen LogP contribution >= 0.6 is 11.6 Å². The van der Waals surface area contributed by atoms with Crippen molar-refractivity contribution in [2.45, 2.75) is 57.6 Å². The number of amides is 2. The third-order valence-corrected chi connectivity index (χ3v) is 8.49. The van der Waals surface area contributed by atoms with Gasteiger partial charge in [0, 0.05) is 17.6 Å². The molecule has 2 amide bonds. The molecular formula is C29H33ClFN3O4S. The Hall–Kier alpha value is -3.43. The van der Waals surface area contributed by atoms with Gasteiger partial charge in [-0.05, 0) is 74.7 Å². The van der Waals surface area contributed by atoms with E-state index in [2.05, 4.69) is 5.32 Å². The Morgan fingerprint density at radius 2 is 1.64 bits per heavy atom. The van der Waals surface area contributed by atoms with Crippen molar-refractivity contribution in [1.82, 2.24) is 10.2 Å². The fraction of sp³-hybridized carbons (Fsp3) is 0.310. The van der Waals surface area contributed by atoms with E-state index in [1.165, 1.54) is 47.4 Å². The van der Waals surface area contributed by atoms with Crippen molar-refractivity contribution >= 4 is 39.1 Å². The molecule has 3 aromatic rings. The number of rotatable bonds is 11. The zero-order chi connectivity index (χ0) is 28.7. The van der Waals surface area contributed by atoms with Gasteiger partial charge in [0.1, 0.15) is 18.4 Å². The molecule has 3 aromatic carbocycles. The first-order valence-electron chi connectivity index (χ1n) is 12.6. The summed E-state index contributed by atoms with van der Waals surface area (Å²) in [6, 6.07) is 17.1. The zero-order valence-corrected chi connectivity index (χ0v) is 24.0. The molecule has 10 heteroatoms. The molecule has 1 N–H and O–H groups in total. The van der Waals surface area contributed by atoms with E-state index < -0.39 is 34.3 Å². The molecule has 0 spiro atoms. The van der Waals surface area contributed by atoms with Gasteiger partial charge in [-0.15, -0.1) is 0 Å². The number of sulfonamides is 1. The van der Waals surface area contributed by atoms with Gasteiger partial charge < -0.3 is 10.2 Å². The van der Waals surface area contributed by atoms with E-state index in [0.717, 1.165) is 4.31 Å². The number of hydrogen-bond donors (Lipinski definition) is 1. The molecule has 7 nitrogen and oxygen atoms in total. The van der Waals surface area contributed by atoms with Crippen LogP contribution < -0.4 is 9.62 Å². The summed E-state index contributed by atoms with van der Waals surface area (Å²) in [4.78, 5) is 28.3. The average Bonchev–Trinajstić information content (AvgIpc) is 2.92. The molecule has 39 heavy (non-hydrogen) atoms. The van der Waals surface area contributed by atoms with E-state index in [0.29, 0.717) is 22.6 Å². The maximum absolute atomic E-state index is 13.9. The number of carbonyl (C=O) groups excluding carboxylic acids is 2. The highest BCUT2D eigenvalue weighted by molar-refractivity contribution is 7.92. The topological polar surface area (TPSA) is 86.8 Å². The third-order valence-electron chi connectivity index (χ3n) is 6.48. The van der Waals surface area contributed by atoms with Crippen molar-refractivity contribution < 1.29 is 22.4 Å². The normalized spacial score (nSPS) is 12.9. The molecule has 0 saturated carbocycles. The number of aryl methyl sites for hydroxylation is 1. The molecular weight excluding hydrogens is 541 g/mol. The van der Waals surface area contributed by atoms with Crippen molar-refractivity contribution in [2.24, 2.45) is 0 Å². The Labute approximate surface area is 234 Å². The molecule has 2 atom stereocenters. The lowest BCUT2D eigenvalue weighted by Crippen LogP contribution is -2.52. The Bertz CT molecular complexity index is 1400. The van der Waals surface area contributed by atoms with Gasteiger partial charge in [-0.25, -0.2) is 12.8 Å². The summed E-state index contributed by atoms with van der Waals surface area (Å²) in [5.41, 5.74) is 1.43. The second kappa shape index (κ2) is 13.1. The molecule has 0 heterocycles. The Morgan fingerprint density at radius 1 is 1.00 bits per heavy atom. The van der Waals surface area contributed by atoms with E-state index in [-0.39, 0.29) is 29.1 Å². The van der Waals surface area contributed by atoms with Crippen LogP contribution in [0, 0.1) is 12.7 Å². The SMILES string of the molecule is CC[C@@H](C)NC(=O)[C@@H](C)N(Cc1ccc(F)cc1)C(=O)CN(c1cc(Cl)ccc1C)S(=O)(=O)c1ccccc1. The lowest BCUT2D eigenvalue weighted by atomic mass is 10.1. The van der Waals surface area contributed by atoms with Gasteiger partial charge in [0.25, 0.3) is 10.0 Å². The van der Waals surface area contributed by atoms with Gasteiger partial charge in [0.15, 0.2) is 0 Å². The Morgan fingerprint density at radius 3 is 2.26 bits per heavy atom. The van der Waals surface area contributed by atoms with Gasteiger partial charge in [-0.3, -0.25) is 13.9 Å². The number of benzene rings is 3. The minimum atomic E-state index is -4.19. The van der Waals surface area contributed by atoms with Crippen LogP contribution in [0.15, 0.2) is 77.7 Å². The summed E-state index contributed by atoms with van der Waals surface area (Å²) in [6.07, 6.45) is 0.696. The number of nitrogens with one attached hydrogen (secondary N) is 1. The summed E-state index contributed by atoms with van der Waals surface area (Å²) in [6.45, 7) is 6.48. The largest absolute Gasteiger partial charge is 0.352 e. The maximum atomic E-state index is 13.9. The molecule has 208 valence electrons. The quantitative estimate of drug-likeness (QED) is 0.337. The third kappa shape index (κ3) is 7.58. The van der Waals surface area contributed by atoms with E-state index in [1.807, 2.05) is 13.8 Å². The smallest absolute Gasteiger partial charge is 0.264 e. The number of anilines is 1. The molecule has 0 fully saturated rings. The van der Waals surface area contributed by atoms with Gasteiger partial charge in [0.2, 0.25) is 11.8 Å². The van der Waals surface area contributed by atoms with E-state index in [9.17, 15) is 22.4 Å². The van der Waals surface area contributed by atoms with Crippen LogP contribution in [0.1, 0.15) is 38.3 Å². The Kier molecular flexibility index (Phi) is 10.1. The van der Waals surface area contributed by atoms with Crippen LogP contribution in [-0.4, -0.2) is 43.8 Å². The van der Waals surface area contributed by atoms with Crippen molar-refractivity contribution in [2.75, 3.05) is 10.8 Å². The fourth-order valence-corrected chi connectivity index (χ4v) is 5.58. The number of hydrogen-bond acceptors (Lipinski definition) is 4. The molecule has 0 unspecified atom stereocenters. The van der Waals surface area contributed by atoms with Gasteiger partial charge in [-0.1, -0.05) is 54.9 Å². The molecule has 0 saturated heterocycles. The Balaban J connectivity index is 2.05. The highest BCUT2D eigenvalue weighted by Crippen LogP contribution is 2.30. The highest BCUT2D eigenvalue weighted by Gasteiger charge is 2.33. The molecule has 0 aliphatic heterocycles. The molecule has 0 aromatic heterocycles. The maximum Gasteiger partial charge on any atom is 0.264 e. The van der Waals surface area contributed by atoms with Gasteiger partial charge in [0.05, 0.1) is 10.6 Å².